The summed E-state index contributed by atoms with van der Waals surface area (Å²) in [6.45, 7) is 2.37. The molecule has 2 heterocycles. The average Bonchev–Trinajstić information content (AvgIpc) is 3.24. The van der Waals surface area contributed by atoms with Gasteiger partial charge in [-0.3, -0.25) is 9.59 Å². The summed E-state index contributed by atoms with van der Waals surface area (Å²) < 4.78 is 5.17. The summed E-state index contributed by atoms with van der Waals surface area (Å²) in [4.78, 5) is 51.5. The fourth-order valence-electron chi connectivity index (χ4n) is 3.52. The predicted molar refractivity (Wildman–Crippen MR) is 125 cm³/mol. The number of rotatable bonds is 5. The lowest BCUT2D eigenvalue weighted by Gasteiger charge is -2.32. The summed E-state index contributed by atoms with van der Waals surface area (Å²) >= 11 is 0. The quantitative estimate of drug-likeness (QED) is 0.525. The van der Waals surface area contributed by atoms with E-state index in [-0.39, 0.29) is 11.4 Å². The number of hydrazine groups is 1. The maximum absolute atomic E-state index is 13.4. The minimum absolute atomic E-state index is 0.0206. The van der Waals surface area contributed by atoms with Crippen molar-refractivity contribution in [2.24, 2.45) is 4.99 Å². The number of amides is 2. The van der Waals surface area contributed by atoms with Crippen LogP contribution in [0.1, 0.15) is 10.4 Å². The maximum atomic E-state index is 13.4. The molecule has 0 unspecified atom stereocenters. The lowest BCUT2D eigenvalue weighted by Crippen LogP contribution is -2.49. The number of carbonyl (C=O) groups is 3. The lowest BCUT2D eigenvalue weighted by atomic mass is 10.2. The van der Waals surface area contributed by atoms with E-state index in [0.717, 1.165) is 0 Å². The molecule has 1 N–H and O–H groups in total. The minimum atomic E-state index is -0.707. The van der Waals surface area contributed by atoms with E-state index >= 15 is 0 Å². The lowest BCUT2D eigenvalue weighted by molar-refractivity contribution is -0.140. The van der Waals surface area contributed by atoms with Crippen molar-refractivity contribution in [2.75, 3.05) is 45.3 Å². The van der Waals surface area contributed by atoms with Crippen molar-refractivity contribution >= 4 is 29.2 Å². The highest BCUT2D eigenvalue weighted by Gasteiger charge is 2.32. The number of likely N-dealkylation sites (N-methyl/N-ethyl adjacent to an activating group) is 1. The van der Waals surface area contributed by atoms with E-state index in [9.17, 15) is 14.4 Å². The third kappa shape index (κ3) is 5.13. The Kier molecular flexibility index (Phi) is 7.00. The van der Waals surface area contributed by atoms with Gasteiger partial charge in [0.05, 0.1) is 12.8 Å². The van der Waals surface area contributed by atoms with Crippen LogP contribution in [0.2, 0.25) is 0 Å². The van der Waals surface area contributed by atoms with E-state index in [0.29, 0.717) is 43.2 Å². The number of piperazine rings is 1. The topological polar surface area (TPSA) is 104 Å². The van der Waals surface area contributed by atoms with Crippen LogP contribution >= 0.6 is 0 Å². The smallest absolute Gasteiger partial charge is 0.376 e. The van der Waals surface area contributed by atoms with Gasteiger partial charge in [-0.2, -0.15) is 0 Å². The molecule has 2 saturated heterocycles. The van der Waals surface area contributed by atoms with Crippen LogP contribution in [0.3, 0.4) is 0 Å². The molecule has 2 fully saturated rings. The third-order valence-electron chi connectivity index (χ3n) is 5.54. The van der Waals surface area contributed by atoms with Gasteiger partial charge >= 0.3 is 5.97 Å². The minimum Gasteiger partial charge on any atom is -0.497 e. The van der Waals surface area contributed by atoms with Gasteiger partial charge < -0.3 is 19.4 Å². The zero-order valence-electron chi connectivity index (χ0n) is 18.9. The molecule has 2 aromatic rings. The van der Waals surface area contributed by atoms with Gasteiger partial charge in [0.25, 0.3) is 11.8 Å². The van der Waals surface area contributed by atoms with Gasteiger partial charge in [0.2, 0.25) is 0 Å². The van der Waals surface area contributed by atoms with Crippen LogP contribution in [-0.4, -0.2) is 73.6 Å². The molecule has 2 aromatic carbocycles. The molecule has 176 valence electrons. The van der Waals surface area contributed by atoms with Crippen LogP contribution < -0.4 is 15.3 Å². The Morgan fingerprint density at radius 1 is 1.03 bits per heavy atom. The molecule has 0 radical (unpaired) electrons. The number of anilines is 1. The first-order valence-corrected chi connectivity index (χ1v) is 10.7. The number of nitrogens with zero attached hydrogens (tertiary/aromatic N) is 4. The number of ether oxygens (including phenoxy) is 1. The molecule has 0 aliphatic carbocycles. The maximum Gasteiger partial charge on any atom is 0.376 e. The molecule has 0 atom stereocenters. The molecule has 0 aromatic heterocycles. The fraction of sp³-hybridized carbons (Fsp3) is 0.250. The molecule has 0 spiro atoms. The van der Waals surface area contributed by atoms with Crippen molar-refractivity contribution in [2.45, 2.75) is 0 Å². The SMILES string of the molecule is COc1ccc(N2NOC(=O)/C2=C\C(=NC(=O)c2ccccc2)C(=O)N2CCN(C)CC2)cc1. The molecular weight excluding hydrogens is 438 g/mol. The molecule has 0 bridgehead atoms. The molecular formula is C24H25N5O5. The molecule has 10 nitrogen and oxygen atoms in total. The van der Waals surface area contributed by atoms with Crippen LogP contribution in [0.25, 0.3) is 0 Å². The van der Waals surface area contributed by atoms with Crippen molar-refractivity contribution in [1.82, 2.24) is 15.4 Å². The fourth-order valence-corrected chi connectivity index (χ4v) is 3.52. The Labute approximate surface area is 197 Å². The first-order chi connectivity index (χ1) is 16.5. The number of hydrogen-bond donors (Lipinski definition) is 1. The second kappa shape index (κ2) is 10.3. The van der Waals surface area contributed by atoms with Crippen molar-refractivity contribution in [3.05, 3.63) is 71.9 Å². The summed E-state index contributed by atoms with van der Waals surface area (Å²) in [5.74, 6) is -1.08. The van der Waals surface area contributed by atoms with E-state index in [4.69, 9.17) is 9.57 Å². The van der Waals surface area contributed by atoms with Crippen LogP contribution in [-0.2, 0) is 14.4 Å². The van der Waals surface area contributed by atoms with Crippen LogP contribution in [0.4, 0.5) is 5.69 Å². The second-order valence-corrected chi connectivity index (χ2v) is 7.81. The summed E-state index contributed by atoms with van der Waals surface area (Å²) in [5, 5.41) is 1.38. The summed E-state index contributed by atoms with van der Waals surface area (Å²) in [7, 11) is 3.53. The van der Waals surface area contributed by atoms with Crippen LogP contribution in [0.15, 0.2) is 71.4 Å². The molecule has 34 heavy (non-hydrogen) atoms. The number of carbonyl (C=O) groups excluding carboxylic acids is 3. The van der Waals surface area contributed by atoms with Gasteiger partial charge in [-0.15, -0.1) is 0 Å². The van der Waals surface area contributed by atoms with E-state index < -0.39 is 17.8 Å². The van der Waals surface area contributed by atoms with Gasteiger partial charge in [0, 0.05) is 37.8 Å². The number of benzene rings is 2. The second-order valence-electron chi connectivity index (χ2n) is 7.81. The summed E-state index contributed by atoms with van der Waals surface area (Å²) in [6, 6.07) is 15.3. The number of methoxy groups -OCH3 is 1. The Balaban J connectivity index is 1.70. The molecule has 0 saturated carbocycles. The standard InChI is InChI=1S/C24H25N5O5/c1-27-12-14-28(15-13-27)23(31)20(25-22(30)17-6-4-3-5-7-17)16-21-24(32)34-26-29(21)18-8-10-19(33-2)11-9-18/h3-11,16,26H,12-15H2,1-2H3/b21-16+,25-20?. The van der Waals surface area contributed by atoms with E-state index in [1.54, 1.807) is 66.6 Å². The van der Waals surface area contributed by atoms with Gasteiger partial charge in [-0.05, 0) is 43.4 Å². The van der Waals surface area contributed by atoms with Crippen molar-refractivity contribution in [3.63, 3.8) is 0 Å². The Hall–Kier alpha value is -4.02. The predicted octanol–water partition coefficient (Wildman–Crippen LogP) is 1.42. The van der Waals surface area contributed by atoms with Gasteiger partial charge in [-0.1, -0.05) is 23.8 Å². The molecule has 2 amide bonds. The van der Waals surface area contributed by atoms with Gasteiger partial charge in [0.1, 0.15) is 11.5 Å². The number of aliphatic imine (C=N–C) groups is 1. The largest absolute Gasteiger partial charge is 0.497 e. The molecule has 10 heteroatoms. The zero-order valence-corrected chi connectivity index (χ0v) is 18.9. The van der Waals surface area contributed by atoms with Gasteiger partial charge in [-0.25, -0.2) is 14.8 Å². The number of hydrogen-bond acceptors (Lipinski definition) is 8. The molecule has 2 aliphatic heterocycles. The van der Waals surface area contributed by atoms with Crippen molar-refractivity contribution in [3.8, 4) is 5.75 Å². The van der Waals surface area contributed by atoms with E-state index in [2.05, 4.69) is 15.5 Å². The molecule has 4 rings (SSSR count). The van der Waals surface area contributed by atoms with Gasteiger partial charge in [0.15, 0.2) is 5.70 Å². The van der Waals surface area contributed by atoms with E-state index in [1.807, 2.05) is 7.05 Å². The van der Waals surface area contributed by atoms with E-state index in [1.165, 1.54) is 11.1 Å². The Morgan fingerprint density at radius 2 is 1.71 bits per heavy atom. The first-order valence-electron chi connectivity index (χ1n) is 10.7. The van der Waals surface area contributed by atoms with Crippen LogP contribution in [0, 0.1) is 0 Å². The van der Waals surface area contributed by atoms with Crippen molar-refractivity contribution < 1.29 is 24.0 Å². The molecule has 2 aliphatic rings. The summed E-state index contributed by atoms with van der Waals surface area (Å²) in [6.07, 6.45) is 1.29. The highest BCUT2D eigenvalue weighted by molar-refractivity contribution is 6.45. The Bertz CT molecular complexity index is 1120. The number of nitrogens with one attached hydrogen (secondary N) is 1. The van der Waals surface area contributed by atoms with Crippen LogP contribution in [0.5, 0.6) is 5.75 Å². The Morgan fingerprint density at radius 3 is 2.35 bits per heavy atom. The average molecular weight is 463 g/mol. The highest BCUT2D eigenvalue weighted by Crippen LogP contribution is 2.24. The monoisotopic (exact) mass is 463 g/mol. The first kappa shape index (κ1) is 23.1. The zero-order chi connectivity index (χ0) is 24.1. The van der Waals surface area contributed by atoms with Crippen molar-refractivity contribution in [1.29, 1.82) is 0 Å². The third-order valence-corrected chi connectivity index (χ3v) is 5.54. The highest BCUT2D eigenvalue weighted by atomic mass is 16.7. The normalized spacial score (nSPS) is 18.2. The summed E-state index contributed by atoms with van der Waals surface area (Å²) in [5.41, 5.74) is 3.31.